The van der Waals surface area contributed by atoms with Gasteiger partial charge in [-0.05, 0) is 50.5 Å². The molecule has 0 fully saturated rings. The SMILES string of the molecule is C=CCN1c2cc3c(cc2C[C@H](O[Si](C)(C)C(C)(C)C)[C@H]1COC(=O)C(C)(C)C)OCO3. The maximum Gasteiger partial charge on any atom is 0.311 e. The Kier molecular flexibility index (Phi) is 6.74. The number of nitrogens with zero attached hydrogens (tertiary/aromatic N) is 1. The van der Waals surface area contributed by atoms with Crippen molar-refractivity contribution in [2.24, 2.45) is 5.41 Å². The summed E-state index contributed by atoms with van der Waals surface area (Å²) < 4.78 is 24.0. The number of hydrogen-bond acceptors (Lipinski definition) is 6. The van der Waals surface area contributed by atoms with Crippen molar-refractivity contribution in [1.82, 2.24) is 0 Å². The molecule has 178 valence electrons. The predicted octanol–water partition coefficient (Wildman–Crippen LogP) is 5.31. The molecule has 32 heavy (non-hydrogen) atoms. The Morgan fingerprint density at radius 1 is 1.19 bits per heavy atom. The number of rotatable bonds is 6. The Morgan fingerprint density at radius 3 is 2.38 bits per heavy atom. The zero-order valence-electron chi connectivity index (χ0n) is 20.9. The van der Waals surface area contributed by atoms with Crippen LogP contribution in [0.2, 0.25) is 18.1 Å². The Bertz CT molecular complexity index is 868. The zero-order valence-corrected chi connectivity index (χ0v) is 21.9. The number of esters is 1. The largest absolute Gasteiger partial charge is 0.463 e. The molecule has 0 saturated heterocycles. The normalized spacial score (nSPS) is 20.7. The van der Waals surface area contributed by atoms with Crippen molar-refractivity contribution in [2.45, 2.75) is 78.2 Å². The fourth-order valence-corrected chi connectivity index (χ4v) is 5.11. The van der Waals surface area contributed by atoms with Crippen LogP contribution in [0.1, 0.15) is 47.1 Å². The predicted molar refractivity (Wildman–Crippen MR) is 130 cm³/mol. The molecule has 0 N–H and O–H groups in total. The van der Waals surface area contributed by atoms with E-state index in [1.54, 1.807) is 0 Å². The second kappa shape index (κ2) is 8.75. The molecule has 0 radical (unpaired) electrons. The lowest BCUT2D eigenvalue weighted by molar-refractivity contribution is -0.154. The van der Waals surface area contributed by atoms with Gasteiger partial charge >= 0.3 is 5.97 Å². The summed E-state index contributed by atoms with van der Waals surface area (Å²) in [4.78, 5) is 14.8. The summed E-state index contributed by atoms with van der Waals surface area (Å²) in [5.74, 6) is 1.30. The van der Waals surface area contributed by atoms with Gasteiger partial charge in [0, 0.05) is 24.7 Å². The standard InChI is InChI=1S/C25H39NO5Si/c1-10-11-26-18-14-22-21(29-16-30-22)13-17(18)12-20(31-32(8,9)25(5,6)7)19(26)15-28-23(27)24(2,3)4/h10,13-14,19-20H,1,11-12,15-16H2,2-9H3/t19-,20+/m1/s1. The number of carbonyl (C=O) groups is 1. The van der Waals surface area contributed by atoms with E-state index >= 15 is 0 Å². The van der Waals surface area contributed by atoms with E-state index in [-0.39, 0.29) is 36.6 Å². The lowest BCUT2D eigenvalue weighted by Gasteiger charge is -2.47. The van der Waals surface area contributed by atoms with Gasteiger partial charge in [0.2, 0.25) is 6.79 Å². The molecule has 2 atom stereocenters. The van der Waals surface area contributed by atoms with Gasteiger partial charge in [-0.15, -0.1) is 6.58 Å². The Balaban J connectivity index is 2.00. The summed E-state index contributed by atoms with van der Waals surface area (Å²) in [6.07, 6.45) is 2.49. The molecule has 1 aromatic rings. The van der Waals surface area contributed by atoms with Crippen LogP contribution in [0.4, 0.5) is 5.69 Å². The van der Waals surface area contributed by atoms with Crippen LogP contribution in [-0.4, -0.2) is 46.4 Å². The fourth-order valence-electron chi connectivity index (χ4n) is 3.76. The molecule has 0 amide bonds. The first kappa shape index (κ1) is 24.6. The van der Waals surface area contributed by atoms with Crippen LogP contribution in [0.5, 0.6) is 11.5 Å². The summed E-state index contributed by atoms with van der Waals surface area (Å²) in [6, 6.07) is 3.97. The molecule has 2 heterocycles. The van der Waals surface area contributed by atoms with Crippen LogP contribution in [-0.2, 0) is 20.4 Å². The Morgan fingerprint density at radius 2 is 1.81 bits per heavy atom. The third-order valence-corrected chi connectivity index (χ3v) is 11.2. The molecule has 0 aliphatic carbocycles. The van der Waals surface area contributed by atoms with E-state index in [4.69, 9.17) is 18.6 Å². The van der Waals surface area contributed by atoms with Crippen molar-refractivity contribution < 1.29 is 23.4 Å². The number of ether oxygens (including phenoxy) is 3. The molecule has 7 heteroatoms. The maximum atomic E-state index is 12.6. The average Bonchev–Trinajstić information content (AvgIpc) is 3.11. The van der Waals surface area contributed by atoms with Crippen LogP contribution in [0.3, 0.4) is 0 Å². The molecule has 2 aliphatic rings. The van der Waals surface area contributed by atoms with Crippen LogP contribution in [0, 0.1) is 5.41 Å². The van der Waals surface area contributed by atoms with E-state index in [0.29, 0.717) is 6.54 Å². The van der Waals surface area contributed by atoms with E-state index in [2.05, 4.69) is 51.4 Å². The first-order valence-electron chi connectivity index (χ1n) is 11.4. The van der Waals surface area contributed by atoms with Crippen molar-refractivity contribution in [2.75, 3.05) is 24.8 Å². The number of hydrogen-bond donors (Lipinski definition) is 0. The summed E-state index contributed by atoms with van der Waals surface area (Å²) in [7, 11) is -2.07. The molecular weight excluding hydrogens is 422 g/mol. The second-order valence-corrected chi connectivity index (χ2v) is 16.1. The van der Waals surface area contributed by atoms with Crippen molar-refractivity contribution in [3.63, 3.8) is 0 Å². The Hall–Kier alpha value is -1.99. The summed E-state index contributed by atoms with van der Waals surface area (Å²) in [5, 5.41) is 0.0675. The average molecular weight is 462 g/mol. The minimum Gasteiger partial charge on any atom is -0.463 e. The number of fused-ring (bicyclic) bond motifs is 2. The van der Waals surface area contributed by atoms with Gasteiger partial charge in [0.15, 0.2) is 19.8 Å². The molecule has 0 spiro atoms. The highest BCUT2D eigenvalue weighted by atomic mass is 28.4. The van der Waals surface area contributed by atoms with Crippen LogP contribution >= 0.6 is 0 Å². The summed E-state index contributed by atoms with van der Waals surface area (Å²) >= 11 is 0. The van der Waals surface area contributed by atoms with Crippen molar-refractivity contribution in [3.05, 3.63) is 30.4 Å². The minimum atomic E-state index is -2.07. The lowest BCUT2D eigenvalue weighted by Crippen LogP contribution is -2.57. The van der Waals surface area contributed by atoms with Gasteiger partial charge in [0.25, 0.3) is 0 Å². The van der Waals surface area contributed by atoms with Gasteiger partial charge in [-0.1, -0.05) is 26.8 Å². The molecular formula is C25H39NO5Si. The van der Waals surface area contributed by atoms with Crippen molar-refractivity contribution in [3.8, 4) is 11.5 Å². The molecule has 1 aromatic carbocycles. The molecule has 2 aliphatic heterocycles. The number of anilines is 1. The molecule has 0 aromatic heterocycles. The van der Waals surface area contributed by atoms with Crippen LogP contribution in [0.15, 0.2) is 24.8 Å². The monoisotopic (exact) mass is 461 g/mol. The molecule has 0 unspecified atom stereocenters. The molecule has 3 rings (SSSR count). The van der Waals surface area contributed by atoms with Gasteiger partial charge in [0.05, 0.1) is 17.6 Å². The van der Waals surface area contributed by atoms with Crippen molar-refractivity contribution in [1.29, 1.82) is 0 Å². The van der Waals surface area contributed by atoms with Gasteiger partial charge < -0.3 is 23.5 Å². The third-order valence-electron chi connectivity index (χ3n) is 6.71. The minimum absolute atomic E-state index is 0.0675. The van der Waals surface area contributed by atoms with Gasteiger partial charge in [-0.2, -0.15) is 0 Å². The zero-order chi connectivity index (χ0) is 23.9. The van der Waals surface area contributed by atoms with Gasteiger partial charge in [-0.25, -0.2) is 0 Å². The topological polar surface area (TPSA) is 57.2 Å². The van der Waals surface area contributed by atoms with Crippen LogP contribution in [0.25, 0.3) is 0 Å². The van der Waals surface area contributed by atoms with Crippen LogP contribution < -0.4 is 14.4 Å². The maximum absolute atomic E-state index is 12.6. The van der Waals surface area contributed by atoms with Gasteiger partial charge in [0.1, 0.15) is 6.61 Å². The van der Waals surface area contributed by atoms with E-state index in [1.807, 2.05) is 32.9 Å². The second-order valence-electron chi connectivity index (χ2n) is 11.3. The Labute approximate surface area is 194 Å². The molecule has 0 saturated carbocycles. The smallest absolute Gasteiger partial charge is 0.311 e. The first-order valence-corrected chi connectivity index (χ1v) is 14.3. The first-order chi connectivity index (χ1) is 14.7. The highest BCUT2D eigenvalue weighted by Gasteiger charge is 2.44. The summed E-state index contributed by atoms with van der Waals surface area (Å²) in [5.41, 5.74) is 1.65. The van der Waals surface area contributed by atoms with Gasteiger partial charge in [-0.3, -0.25) is 4.79 Å². The third kappa shape index (κ3) is 4.99. The highest BCUT2D eigenvalue weighted by molar-refractivity contribution is 6.74. The number of carbonyl (C=O) groups excluding carboxylic acids is 1. The van der Waals surface area contributed by atoms with E-state index in [9.17, 15) is 4.79 Å². The summed E-state index contributed by atoms with van der Waals surface area (Å²) in [6.45, 7) is 21.9. The van der Waals surface area contributed by atoms with Crippen molar-refractivity contribution >= 4 is 20.0 Å². The van der Waals surface area contributed by atoms with E-state index in [0.717, 1.165) is 29.2 Å². The quantitative estimate of drug-likeness (QED) is 0.325. The number of benzene rings is 1. The van der Waals surface area contributed by atoms with E-state index in [1.165, 1.54) is 0 Å². The van der Waals surface area contributed by atoms with E-state index < -0.39 is 13.7 Å². The molecule has 6 nitrogen and oxygen atoms in total. The fraction of sp³-hybridized carbons (Fsp3) is 0.640. The lowest BCUT2D eigenvalue weighted by atomic mass is 9.92. The highest BCUT2D eigenvalue weighted by Crippen LogP contribution is 2.44. The molecule has 0 bridgehead atoms.